The maximum Gasteiger partial charge on any atom is 0.312 e. The number of esters is 1. The van der Waals surface area contributed by atoms with Crippen molar-refractivity contribution in [2.75, 3.05) is 19.8 Å². The molecule has 204 valence electrons. The number of hydrogen-bond donors (Lipinski definition) is 1. The van der Waals surface area contributed by atoms with Gasteiger partial charge in [0.25, 0.3) is 0 Å². The number of fused-ring (bicyclic) bond motifs is 1. The van der Waals surface area contributed by atoms with Crippen molar-refractivity contribution in [2.45, 2.75) is 102 Å². The molecular formula is C27H43BrN2O6. The molecule has 2 bridgehead atoms. The zero-order valence-electron chi connectivity index (χ0n) is 22.8. The number of ether oxygens (including phenoxy) is 2. The van der Waals surface area contributed by atoms with Gasteiger partial charge < -0.3 is 24.4 Å². The van der Waals surface area contributed by atoms with Crippen LogP contribution in [0.1, 0.15) is 67.7 Å². The SMILES string of the molecule is C=CCN(C(=O)C1N([C@@H](CC)CO)C(=O)[C@@H]2[C@@H](C(=O)OCC)[C@@H]3OC12CC3Br)C(C)(C)CC(C)(C)C. The quantitative estimate of drug-likeness (QED) is 0.246. The number of alkyl halides is 1. The highest BCUT2D eigenvalue weighted by atomic mass is 79.9. The molecule has 0 aromatic rings. The Labute approximate surface area is 223 Å². The van der Waals surface area contributed by atoms with Gasteiger partial charge in [0.05, 0.1) is 37.2 Å². The Morgan fingerprint density at radius 3 is 2.47 bits per heavy atom. The summed E-state index contributed by atoms with van der Waals surface area (Å²) in [6, 6.07) is -1.53. The van der Waals surface area contributed by atoms with Gasteiger partial charge in [0.2, 0.25) is 11.8 Å². The van der Waals surface area contributed by atoms with Crippen LogP contribution in [-0.2, 0) is 23.9 Å². The molecule has 2 amide bonds. The van der Waals surface area contributed by atoms with Crippen molar-refractivity contribution in [1.82, 2.24) is 9.80 Å². The highest BCUT2D eigenvalue weighted by Gasteiger charge is 2.77. The van der Waals surface area contributed by atoms with E-state index >= 15 is 0 Å². The molecule has 3 saturated heterocycles. The van der Waals surface area contributed by atoms with Crippen LogP contribution in [-0.4, -0.2) is 86.6 Å². The third-order valence-electron chi connectivity index (χ3n) is 7.87. The second kappa shape index (κ2) is 10.4. The third-order valence-corrected chi connectivity index (χ3v) is 8.71. The van der Waals surface area contributed by atoms with Crippen LogP contribution in [0.3, 0.4) is 0 Å². The first kappa shape index (κ1) is 29.1. The maximum absolute atomic E-state index is 14.6. The van der Waals surface area contributed by atoms with E-state index in [2.05, 4.69) is 43.3 Å². The van der Waals surface area contributed by atoms with Crippen LogP contribution >= 0.6 is 15.9 Å². The first-order valence-electron chi connectivity index (χ1n) is 13.0. The number of halogens is 1. The molecule has 0 saturated carbocycles. The summed E-state index contributed by atoms with van der Waals surface area (Å²) in [4.78, 5) is 44.8. The summed E-state index contributed by atoms with van der Waals surface area (Å²) in [5.41, 5.74) is -1.77. The summed E-state index contributed by atoms with van der Waals surface area (Å²) in [6.07, 6.45) is 2.75. The van der Waals surface area contributed by atoms with Gasteiger partial charge in [0, 0.05) is 16.9 Å². The van der Waals surface area contributed by atoms with Gasteiger partial charge in [-0.25, -0.2) is 0 Å². The number of aliphatic hydroxyl groups excluding tert-OH is 1. The van der Waals surface area contributed by atoms with E-state index in [4.69, 9.17) is 9.47 Å². The first-order chi connectivity index (χ1) is 16.7. The van der Waals surface area contributed by atoms with E-state index in [9.17, 15) is 19.5 Å². The second-order valence-electron chi connectivity index (χ2n) is 12.2. The third kappa shape index (κ3) is 4.75. The summed E-state index contributed by atoms with van der Waals surface area (Å²) in [7, 11) is 0. The van der Waals surface area contributed by atoms with Gasteiger partial charge in [0.15, 0.2) is 0 Å². The van der Waals surface area contributed by atoms with E-state index in [1.165, 1.54) is 4.90 Å². The van der Waals surface area contributed by atoms with E-state index in [-0.39, 0.29) is 35.3 Å². The predicted molar refractivity (Wildman–Crippen MR) is 140 cm³/mol. The molecule has 3 fully saturated rings. The topological polar surface area (TPSA) is 96.4 Å². The number of aliphatic hydroxyl groups is 1. The Bertz CT molecular complexity index is 882. The predicted octanol–water partition coefficient (Wildman–Crippen LogP) is 3.30. The van der Waals surface area contributed by atoms with Crippen LogP contribution < -0.4 is 0 Å². The minimum atomic E-state index is -1.18. The van der Waals surface area contributed by atoms with Crippen LogP contribution in [0.5, 0.6) is 0 Å². The summed E-state index contributed by atoms with van der Waals surface area (Å²) in [5.74, 6) is -2.67. The van der Waals surface area contributed by atoms with Gasteiger partial charge in [-0.15, -0.1) is 6.58 Å². The molecule has 7 atom stereocenters. The number of hydrogen-bond acceptors (Lipinski definition) is 6. The van der Waals surface area contributed by atoms with Gasteiger partial charge in [-0.05, 0) is 45.4 Å². The molecule has 0 aromatic carbocycles. The van der Waals surface area contributed by atoms with Crippen molar-refractivity contribution in [3.63, 3.8) is 0 Å². The van der Waals surface area contributed by atoms with Crippen molar-refractivity contribution in [3.05, 3.63) is 12.7 Å². The number of likely N-dealkylation sites (tertiary alicyclic amines) is 1. The average molecular weight is 572 g/mol. The molecular weight excluding hydrogens is 528 g/mol. The zero-order valence-corrected chi connectivity index (χ0v) is 24.3. The van der Waals surface area contributed by atoms with Crippen LogP contribution in [0.2, 0.25) is 0 Å². The Balaban J connectivity index is 2.15. The lowest BCUT2D eigenvalue weighted by atomic mass is 9.70. The first-order valence-corrected chi connectivity index (χ1v) is 14.0. The minimum absolute atomic E-state index is 0.0511. The van der Waals surface area contributed by atoms with Crippen LogP contribution in [0.4, 0.5) is 0 Å². The number of carbonyl (C=O) groups is 3. The Morgan fingerprint density at radius 2 is 1.97 bits per heavy atom. The fourth-order valence-corrected chi connectivity index (χ4v) is 7.91. The molecule has 8 nitrogen and oxygen atoms in total. The lowest BCUT2D eigenvalue weighted by molar-refractivity contribution is -0.157. The number of amides is 2. The normalized spacial score (nSPS) is 32.4. The van der Waals surface area contributed by atoms with Crippen molar-refractivity contribution >= 4 is 33.7 Å². The van der Waals surface area contributed by atoms with E-state index in [1.807, 2.05) is 20.8 Å². The second-order valence-corrected chi connectivity index (χ2v) is 13.4. The van der Waals surface area contributed by atoms with E-state index in [1.54, 1.807) is 17.9 Å². The monoisotopic (exact) mass is 570 g/mol. The van der Waals surface area contributed by atoms with Crippen LogP contribution in [0.15, 0.2) is 12.7 Å². The van der Waals surface area contributed by atoms with Crippen LogP contribution in [0, 0.1) is 17.3 Å². The fraction of sp³-hybridized carbons (Fsp3) is 0.815. The van der Waals surface area contributed by atoms with Crippen molar-refractivity contribution in [3.8, 4) is 0 Å². The summed E-state index contributed by atoms with van der Waals surface area (Å²) >= 11 is 3.67. The summed E-state index contributed by atoms with van der Waals surface area (Å²) < 4.78 is 11.9. The lowest BCUT2D eigenvalue weighted by Gasteiger charge is -2.46. The molecule has 3 unspecified atom stereocenters. The van der Waals surface area contributed by atoms with Crippen molar-refractivity contribution < 1.29 is 29.0 Å². The van der Waals surface area contributed by atoms with Crippen molar-refractivity contribution in [2.24, 2.45) is 17.3 Å². The Kier molecular flexibility index (Phi) is 8.38. The van der Waals surface area contributed by atoms with E-state index in [0.717, 1.165) is 6.42 Å². The molecule has 0 aliphatic carbocycles. The molecule has 9 heteroatoms. The molecule has 1 N–H and O–H groups in total. The van der Waals surface area contributed by atoms with Gasteiger partial charge in [0.1, 0.15) is 11.6 Å². The van der Waals surface area contributed by atoms with Gasteiger partial charge in [-0.3, -0.25) is 14.4 Å². The fourth-order valence-electron chi connectivity index (χ4n) is 6.97. The summed E-state index contributed by atoms with van der Waals surface area (Å²) in [5, 5.41) is 10.2. The highest BCUT2D eigenvalue weighted by Crippen LogP contribution is 2.61. The van der Waals surface area contributed by atoms with Gasteiger partial charge in [-0.1, -0.05) is 49.7 Å². The Morgan fingerprint density at radius 1 is 1.33 bits per heavy atom. The Hall–Kier alpha value is -1.45. The van der Waals surface area contributed by atoms with Gasteiger partial charge in [-0.2, -0.15) is 0 Å². The number of rotatable bonds is 10. The molecule has 1 spiro atoms. The molecule has 3 aliphatic heterocycles. The number of nitrogens with zero attached hydrogens (tertiary/aromatic N) is 2. The van der Waals surface area contributed by atoms with E-state index in [0.29, 0.717) is 19.4 Å². The largest absolute Gasteiger partial charge is 0.466 e. The zero-order chi connectivity index (χ0) is 27.2. The summed E-state index contributed by atoms with van der Waals surface area (Å²) in [6.45, 7) is 18.2. The van der Waals surface area contributed by atoms with Crippen LogP contribution in [0.25, 0.3) is 0 Å². The smallest absolute Gasteiger partial charge is 0.312 e. The minimum Gasteiger partial charge on any atom is -0.466 e. The number of carbonyl (C=O) groups excluding carboxylic acids is 3. The van der Waals surface area contributed by atoms with Crippen molar-refractivity contribution in [1.29, 1.82) is 0 Å². The van der Waals surface area contributed by atoms with Gasteiger partial charge >= 0.3 is 5.97 Å². The molecule has 3 heterocycles. The standard InChI is InChI=1S/C27H43BrN2O6/c1-9-12-29(26(7,8)15-25(4,5)6)23(33)21-27-13-17(28)20(36-27)18(24(34)35-11-3)19(27)22(32)30(21)16(10-2)14-31/h9,16-21,31H,1,10-15H2,2-8H3/t16-,17?,18+,19-,20+,21?,27?/m0/s1. The molecule has 3 rings (SSSR count). The maximum atomic E-state index is 14.6. The lowest BCUT2D eigenvalue weighted by Crippen LogP contribution is -2.62. The molecule has 0 aromatic heterocycles. The highest BCUT2D eigenvalue weighted by molar-refractivity contribution is 9.09. The molecule has 3 aliphatic rings. The van der Waals surface area contributed by atoms with E-state index < -0.39 is 47.1 Å². The molecule has 0 radical (unpaired) electrons. The molecule has 36 heavy (non-hydrogen) atoms. The average Bonchev–Trinajstić information content (AvgIpc) is 3.35.